The minimum absolute atomic E-state index is 0.350. The predicted molar refractivity (Wildman–Crippen MR) is 109 cm³/mol. The molecule has 1 aliphatic heterocycles. The standard InChI is InChI=1S/C24H32O2/c25-19-13-8-6-4-2-1-3-5-7-10-16-21-17-18-22(24-23(21)26-24)20-14-11-9-12-15-20/h9,11-12,14-15,17-18,25H,1-8,10,13,16,19H2. The molecule has 0 spiro atoms. The van der Waals surface area contributed by atoms with Crippen LogP contribution in [0.5, 0.6) is 11.5 Å². The van der Waals surface area contributed by atoms with Crippen LogP contribution in [0, 0.1) is 0 Å². The largest absolute Gasteiger partial charge is 0.449 e. The van der Waals surface area contributed by atoms with Crippen molar-refractivity contribution in [3.8, 4) is 22.6 Å². The Labute approximate surface area is 158 Å². The number of ether oxygens (including phenoxy) is 1. The van der Waals surface area contributed by atoms with Gasteiger partial charge >= 0.3 is 0 Å². The van der Waals surface area contributed by atoms with Crippen LogP contribution >= 0.6 is 0 Å². The maximum atomic E-state index is 8.75. The molecule has 0 aliphatic carbocycles. The van der Waals surface area contributed by atoms with E-state index in [1.807, 2.05) is 0 Å². The van der Waals surface area contributed by atoms with Crippen molar-refractivity contribution in [1.29, 1.82) is 0 Å². The first-order valence-corrected chi connectivity index (χ1v) is 10.4. The number of fused-ring (bicyclic) bond motifs is 1. The number of aliphatic hydroxyl groups is 1. The van der Waals surface area contributed by atoms with Crippen molar-refractivity contribution in [2.24, 2.45) is 0 Å². The highest BCUT2D eigenvalue weighted by Gasteiger charge is 2.28. The number of aliphatic hydroxyl groups excluding tert-OH is 1. The number of benzene rings is 2. The molecule has 0 unspecified atom stereocenters. The lowest BCUT2D eigenvalue weighted by molar-refractivity contribution is 0.282. The van der Waals surface area contributed by atoms with Gasteiger partial charge in [-0.2, -0.15) is 0 Å². The summed E-state index contributed by atoms with van der Waals surface area (Å²) in [6.45, 7) is 0.350. The zero-order valence-electron chi connectivity index (χ0n) is 15.9. The van der Waals surface area contributed by atoms with E-state index in [0.29, 0.717) is 6.61 Å². The Kier molecular flexibility index (Phi) is 7.57. The molecule has 26 heavy (non-hydrogen) atoms. The molecule has 1 N–H and O–H groups in total. The Bertz CT molecular complexity index is 663. The van der Waals surface area contributed by atoms with Crippen molar-refractivity contribution in [3.05, 3.63) is 48.0 Å². The van der Waals surface area contributed by atoms with Crippen LogP contribution in [0.15, 0.2) is 42.5 Å². The molecule has 1 aliphatic rings. The van der Waals surface area contributed by atoms with Crippen molar-refractivity contribution < 1.29 is 9.84 Å². The molecular weight excluding hydrogens is 320 g/mol. The zero-order chi connectivity index (χ0) is 18.0. The third-order valence-corrected chi connectivity index (χ3v) is 5.30. The van der Waals surface area contributed by atoms with Gasteiger partial charge in [-0.05, 0) is 30.4 Å². The second kappa shape index (κ2) is 10.4. The molecule has 0 amide bonds. The first-order chi connectivity index (χ1) is 12.9. The van der Waals surface area contributed by atoms with E-state index in [9.17, 15) is 0 Å². The first kappa shape index (κ1) is 19.0. The van der Waals surface area contributed by atoms with E-state index < -0.39 is 0 Å². The summed E-state index contributed by atoms with van der Waals surface area (Å²) in [6, 6.07) is 15.0. The van der Waals surface area contributed by atoms with Crippen LogP contribution in [0.3, 0.4) is 0 Å². The van der Waals surface area contributed by atoms with Gasteiger partial charge in [-0.25, -0.2) is 0 Å². The highest BCUT2D eigenvalue weighted by molar-refractivity contribution is 5.81. The number of hydrogen-bond donors (Lipinski definition) is 1. The van der Waals surface area contributed by atoms with Crippen LogP contribution in [0.1, 0.15) is 69.8 Å². The van der Waals surface area contributed by atoms with Crippen LogP contribution in [-0.2, 0) is 6.42 Å². The molecule has 3 rings (SSSR count). The normalized spacial score (nSPS) is 11.9. The highest BCUT2D eigenvalue weighted by atomic mass is 16.6. The fraction of sp³-hybridized carbons (Fsp3) is 0.500. The summed E-state index contributed by atoms with van der Waals surface area (Å²) >= 11 is 0. The summed E-state index contributed by atoms with van der Waals surface area (Å²) in [5.41, 5.74) is 3.84. The molecule has 2 aromatic rings. The molecule has 2 nitrogen and oxygen atoms in total. The molecule has 1 heterocycles. The van der Waals surface area contributed by atoms with Crippen molar-refractivity contribution in [3.63, 3.8) is 0 Å². The molecule has 2 aromatic carbocycles. The lowest BCUT2D eigenvalue weighted by atomic mass is 10.0. The molecule has 0 aromatic heterocycles. The Morgan fingerprint density at radius 3 is 1.88 bits per heavy atom. The summed E-state index contributed by atoms with van der Waals surface area (Å²) < 4.78 is 5.79. The topological polar surface area (TPSA) is 32.8 Å². The molecule has 0 bridgehead atoms. The van der Waals surface area contributed by atoms with Crippen LogP contribution in [0.2, 0.25) is 0 Å². The summed E-state index contributed by atoms with van der Waals surface area (Å²) in [4.78, 5) is 0. The van der Waals surface area contributed by atoms with E-state index in [0.717, 1.165) is 24.3 Å². The quantitative estimate of drug-likeness (QED) is 0.268. The van der Waals surface area contributed by atoms with Crippen LogP contribution in [0.25, 0.3) is 11.1 Å². The average Bonchev–Trinajstić information content (AvgIpc) is 3.48. The summed E-state index contributed by atoms with van der Waals surface area (Å²) in [5, 5.41) is 8.75. The van der Waals surface area contributed by atoms with E-state index >= 15 is 0 Å². The summed E-state index contributed by atoms with van der Waals surface area (Å²) in [7, 11) is 0. The minimum atomic E-state index is 0.350. The van der Waals surface area contributed by atoms with E-state index in [1.165, 1.54) is 74.5 Å². The SMILES string of the molecule is OCCCCCCCCCCCCc1ccc(-c2ccccc2)c2c1O2. The van der Waals surface area contributed by atoms with Gasteiger partial charge < -0.3 is 9.84 Å². The van der Waals surface area contributed by atoms with Crippen molar-refractivity contribution >= 4 is 0 Å². The summed E-state index contributed by atoms with van der Waals surface area (Å²) in [5.74, 6) is 2.23. The molecule has 0 fully saturated rings. The van der Waals surface area contributed by atoms with Gasteiger partial charge in [0.25, 0.3) is 0 Å². The van der Waals surface area contributed by atoms with Gasteiger partial charge in [0.2, 0.25) is 0 Å². The molecule has 0 saturated heterocycles. The van der Waals surface area contributed by atoms with E-state index in [-0.39, 0.29) is 0 Å². The highest BCUT2D eigenvalue weighted by Crippen LogP contribution is 2.54. The number of aryl methyl sites for hydroxylation is 1. The van der Waals surface area contributed by atoms with Gasteiger partial charge in [0.15, 0.2) is 11.5 Å². The number of hydrogen-bond acceptors (Lipinski definition) is 2. The van der Waals surface area contributed by atoms with Gasteiger partial charge in [0.05, 0.1) is 0 Å². The molecule has 0 saturated carbocycles. The van der Waals surface area contributed by atoms with Gasteiger partial charge in [-0.1, -0.05) is 93.8 Å². The van der Waals surface area contributed by atoms with Crippen molar-refractivity contribution in [1.82, 2.24) is 0 Å². The Balaban J connectivity index is 1.29. The second-order valence-electron chi connectivity index (χ2n) is 7.41. The first-order valence-electron chi connectivity index (χ1n) is 10.4. The van der Waals surface area contributed by atoms with Crippen LogP contribution in [-0.4, -0.2) is 11.7 Å². The number of rotatable bonds is 13. The van der Waals surface area contributed by atoms with E-state index in [4.69, 9.17) is 9.84 Å². The molecule has 140 valence electrons. The minimum Gasteiger partial charge on any atom is -0.449 e. The van der Waals surface area contributed by atoms with Crippen molar-refractivity contribution in [2.75, 3.05) is 6.61 Å². The predicted octanol–water partition coefficient (Wildman–Crippen LogP) is 6.90. The second-order valence-corrected chi connectivity index (χ2v) is 7.41. The Morgan fingerprint density at radius 2 is 1.23 bits per heavy atom. The van der Waals surface area contributed by atoms with Gasteiger partial charge in [0, 0.05) is 12.2 Å². The lowest BCUT2D eigenvalue weighted by Crippen LogP contribution is -1.86. The molecule has 2 heteroatoms. The molecule has 0 radical (unpaired) electrons. The van der Waals surface area contributed by atoms with Crippen LogP contribution in [0.4, 0.5) is 0 Å². The van der Waals surface area contributed by atoms with Crippen LogP contribution < -0.4 is 4.74 Å². The van der Waals surface area contributed by atoms with Crippen molar-refractivity contribution in [2.45, 2.75) is 70.6 Å². The van der Waals surface area contributed by atoms with Gasteiger partial charge in [-0.3, -0.25) is 0 Å². The monoisotopic (exact) mass is 352 g/mol. The van der Waals surface area contributed by atoms with E-state index in [1.54, 1.807) is 0 Å². The third-order valence-electron chi connectivity index (χ3n) is 5.30. The van der Waals surface area contributed by atoms with E-state index in [2.05, 4.69) is 42.5 Å². The zero-order valence-corrected chi connectivity index (χ0v) is 15.9. The van der Waals surface area contributed by atoms with Gasteiger partial charge in [0.1, 0.15) is 0 Å². The molecule has 0 atom stereocenters. The number of unbranched alkanes of at least 4 members (excludes halogenated alkanes) is 9. The Hall–Kier alpha value is -1.80. The maximum Gasteiger partial charge on any atom is 0.178 e. The lowest BCUT2D eigenvalue weighted by Gasteiger charge is -2.03. The third kappa shape index (κ3) is 5.60. The van der Waals surface area contributed by atoms with Gasteiger partial charge in [-0.15, -0.1) is 0 Å². The summed E-state index contributed by atoms with van der Waals surface area (Å²) in [6.07, 6.45) is 13.9. The Morgan fingerprint density at radius 1 is 0.615 bits per heavy atom. The molecular formula is C24H32O2. The fourth-order valence-electron chi connectivity index (χ4n) is 3.68. The smallest absolute Gasteiger partial charge is 0.178 e. The fourth-order valence-corrected chi connectivity index (χ4v) is 3.68. The average molecular weight is 353 g/mol. The maximum absolute atomic E-state index is 8.75.